The summed E-state index contributed by atoms with van der Waals surface area (Å²) in [5.41, 5.74) is 1.21. The van der Waals surface area contributed by atoms with Crippen molar-refractivity contribution in [3.8, 4) is 11.6 Å². The van der Waals surface area contributed by atoms with Crippen LogP contribution in [0, 0.1) is 6.92 Å². The maximum atomic E-state index is 5.48. The van der Waals surface area contributed by atoms with Crippen LogP contribution in [-0.4, -0.2) is 9.97 Å². The Bertz CT molecular complexity index is 403. The monoisotopic (exact) mass is 220 g/mol. The highest BCUT2D eigenvalue weighted by atomic mass is 32.1. The summed E-state index contributed by atoms with van der Waals surface area (Å²) < 4.78 is 5.48. The number of nitrogens with zero attached hydrogens (tertiary/aromatic N) is 2. The van der Waals surface area contributed by atoms with Crippen LogP contribution in [0.1, 0.15) is 5.56 Å². The summed E-state index contributed by atoms with van der Waals surface area (Å²) >= 11 is 0. The minimum absolute atomic E-state index is 0. The molecule has 0 atom stereocenters. The van der Waals surface area contributed by atoms with Gasteiger partial charge >= 0.3 is 0 Å². The third-order valence-electron chi connectivity index (χ3n) is 1.80. The number of aromatic nitrogens is 2. The molecule has 0 spiro atoms. The summed E-state index contributed by atoms with van der Waals surface area (Å²) in [6, 6.07) is 9.54. The van der Waals surface area contributed by atoms with E-state index in [2.05, 4.69) is 9.97 Å². The Kier molecular flexibility index (Phi) is 4.12. The molecular formula is C11H12N2OS. The van der Waals surface area contributed by atoms with Gasteiger partial charge < -0.3 is 4.74 Å². The minimum atomic E-state index is 0. The van der Waals surface area contributed by atoms with Gasteiger partial charge in [0.25, 0.3) is 0 Å². The second-order valence-corrected chi connectivity index (χ2v) is 2.96. The van der Waals surface area contributed by atoms with Crippen molar-refractivity contribution in [2.75, 3.05) is 0 Å². The number of aryl methyl sites for hydroxylation is 1. The average Bonchev–Trinajstić information content (AvgIpc) is 2.23. The summed E-state index contributed by atoms with van der Waals surface area (Å²) in [4.78, 5) is 7.77. The van der Waals surface area contributed by atoms with E-state index >= 15 is 0 Å². The van der Waals surface area contributed by atoms with E-state index in [0.717, 1.165) is 5.75 Å². The molecule has 0 aliphatic carbocycles. The first-order valence-corrected chi connectivity index (χ1v) is 4.35. The molecule has 0 unspecified atom stereocenters. The van der Waals surface area contributed by atoms with E-state index in [1.54, 1.807) is 12.3 Å². The number of ether oxygens (including phenoxy) is 1. The lowest BCUT2D eigenvalue weighted by molar-refractivity contribution is 0.461. The molecule has 0 amide bonds. The second kappa shape index (κ2) is 5.36. The van der Waals surface area contributed by atoms with Crippen LogP contribution in [0.5, 0.6) is 11.6 Å². The van der Waals surface area contributed by atoms with Gasteiger partial charge in [0, 0.05) is 12.3 Å². The molecule has 15 heavy (non-hydrogen) atoms. The highest BCUT2D eigenvalue weighted by molar-refractivity contribution is 7.59. The van der Waals surface area contributed by atoms with E-state index in [1.165, 1.54) is 11.9 Å². The van der Waals surface area contributed by atoms with Crippen molar-refractivity contribution in [3.63, 3.8) is 0 Å². The van der Waals surface area contributed by atoms with Crippen molar-refractivity contribution >= 4 is 13.5 Å². The van der Waals surface area contributed by atoms with E-state index in [1.807, 2.05) is 31.2 Å². The zero-order chi connectivity index (χ0) is 9.80. The van der Waals surface area contributed by atoms with Gasteiger partial charge in [0.1, 0.15) is 12.1 Å². The van der Waals surface area contributed by atoms with Crippen molar-refractivity contribution < 1.29 is 4.74 Å². The first kappa shape index (κ1) is 11.5. The van der Waals surface area contributed by atoms with E-state index in [4.69, 9.17) is 4.74 Å². The molecule has 0 aliphatic heterocycles. The lowest BCUT2D eigenvalue weighted by atomic mass is 10.2. The zero-order valence-electron chi connectivity index (χ0n) is 8.34. The Morgan fingerprint density at radius 2 is 1.80 bits per heavy atom. The molecule has 0 bridgehead atoms. The first-order chi connectivity index (χ1) is 6.84. The lowest BCUT2D eigenvalue weighted by Crippen LogP contribution is -1.87. The van der Waals surface area contributed by atoms with Gasteiger partial charge in [-0.25, -0.2) is 9.97 Å². The molecule has 4 heteroatoms. The Morgan fingerprint density at radius 1 is 1.07 bits per heavy atom. The fourth-order valence-corrected chi connectivity index (χ4v) is 1.07. The lowest BCUT2D eigenvalue weighted by Gasteiger charge is -2.03. The van der Waals surface area contributed by atoms with E-state index < -0.39 is 0 Å². The van der Waals surface area contributed by atoms with E-state index in [9.17, 15) is 0 Å². The van der Waals surface area contributed by atoms with Crippen molar-refractivity contribution in [1.29, 1.82) is 0 Å². The third-order valence-corrected chi connectivity index (χ3v) is 1.80. The van der Waals surface area contributed by atoms with Crippen LogP contribution in [0.15, 0.2) is 42.9 Å². The SMILES string of the molecule is Cc1ccc(Oc2ccncn2)cc1.S. The highest BCUT2D eigenvalue weighted by Gasteiger charge is 1.95. The quantitative estimate of drug-likeness (QED) is 0.780. The van der Waals surface area contributed by atoms with Crippen molar-refractivity contribution in [2.45, 2.75) is 6.92 Å². The van der Waals surface area contributed by atoms with Gasteiger partial charge in [0.15, 0.2) is 0 Å². The third kappa shape index (κ3) is 3.25. The van der Waals surface area contributed by atoms with Gasteiger partial charge in [-0.1, -0.05) is 17.7 Å². The smallest absolute Gasteiger partial charge is 0.222 e. The number of hydrogen-bond acceptors (Lipinski definition) is 3. The van der Waals surface area contributed by atoms with Crippen molar-refractivity contribution in [3.05, 3.63) is 48.4 Å². The summed E-state index contributed by atoms with van der Waals surface area (Å²) in [6.07, 6.45) is 3.11. The first-order valence-electron chi connectivity index (χ1n) is 4.35. The second-order valence-electron chi connectivity index (χ2n) is 2.96. The molecule has 1 aromatic carbocycles. The molecule has 0 radical (unpaired) electrons. The maximum absolute atomic E-state index is 5.48. The van der Waals surface area contributed by atoms with E-state index in [-0.39, 0.29) is 13.5 Å². The molecule has 0 fully saturated rings. The molecular weight excluding hydrogens is 208 g/mol. The molecule has 0 aliphatic rings. The standard InChI is InChI=1S/C11H10N2O.H2S/c1-9-2-4-10(5-3-9)14-11-6-7-12-8-13-11;/h2-8H,1H3;1H2. The fraction of sp³-hybridized carbons (Fsp3) is 0.0909. The Balaban J connectivity index is 0.00000112. The maximum Gasteiger partial charge on any atom is 0.222 e. The normalized spacial score (nSPS) is 9.13. The summed E-state index contributed by atoms with van der Waals surface area (Å²) in [7, 11) is 0. The largest absolute Gasteiger partial charge is 0.439 e. The fourth-order valence-electron chi connectivity index (χ4n) is 1.07. The number of hydrogen-bond donors (Lipinski definition) is 0. The van der Waals surface area contributed by atoms with Crippen LogP contribution in [0.25, 0.3) is 0 Å². The van der Waals surface area contributed by atoms with Crippen molar-refractivity contribution in [2.24, 2.45) is 0 Å². The van der Waals surface area contributed by atoms with Gasteiger partial charge in [-0.15, -0.1) is 0 Å². The minimum Gasteiger partial charge on any atom is -0.439 e. The Morgan fingerprint density at radius 3 is 2.40 bits per heavy atom. The predicted molar refractivity (Wildman–Crippen MR) is 63.7 cm³/mol. The van der Waals surface area contributed by atoms with Crippen LogP contribution >= 0.6 is 13.5 Å². The summed E-state index contributed by atoms with van der Waals surface area (Å²) in [6.45, 7) is 2.04. The average molecular weight is 220 g/mol. The van der Waals surface area contributed by atoms with Crippen LogP contribution in [-0.2, 0) is 0 Å². The van der Waals surface area contributed by atoms with Crippen LogP contribution < -0.4 is 4.74 Å². The molecule has 0 N–H and O–H groups in total. The highest BCUT2D eigenvalue weighted by Crippen LogP contribution is 2.18. The molecule has 2 rings (SSSR count). The Hall–Kier alpha value is -1.55. The van der Waals surface area contributed by atoms with Crippen LogP contribution in [0.2, 0.25) is 0 Å². The molecule has 0 saturated carbocycles. The van der Waals surface area contributed by atoms with Crippen LogP contribution in [0.4, 0.5) is 0 Å². The van der Waals surface area contributed by atoms with Gasteiger partial charge in [0.05, 0.1) is 0 Å². The molecule has 0 saturated heterocycles. The predicted octanol–water partition coefficient (Wildman–Crippen LogP) is 2.69. The molecule has 1 heterocycles. The van der Waals surface area contributed by atoms with E-state index in [0.29, 0.717) is 5.88 Å². The van der Waals surface area contributed by atoms with Crippen molar-refractivity contribution in [1.82, 2.24) is 9.97 Å². The van der Waals surface area contributed by atoms with Gasteiger partial charge in [-0.05, 0) is 19.1 Å². The zero-order valence-corrected chi connectivity index (χ0v) is 9.34. The number of benzene rings is 1. The van der Waals surface area contributed by atoms with Gasteiger partial charge in [-0.2, -0.15) is 13.5 Å². The van der Waals surface area contributed by atoms with Gasteiger partial charge in [0.2, 0.25) is 5.88 Å². The molecule has 2 aromatic rings. The molecule has 78 valence electrons. The number of rotatable bonds is 2. The summed E-state index contributed by atoms with van der Waals surface area (Å²) in [5.74, 6) is 1.35. The summed E-state index contributed by atoms with van der Waals surface area (Å²) in [5, 5.41) is 0. The Labute approximate surface area is 95.6 Å². The molecule has 1 aromatic heterocycles. The van der Waals surface area contributed by atoms with Crippen LogP contribution in [0.3, 0.4) is 0 Å². The molecule has 3 nitrogen and oxygen atoms in total. The van der Waals surface area contributed by atoms with Gasteiger partial charge in [-0.3, -0.25) is 0 Å². The topological polar surface area (TPSA) is 35.0 Å².